The predicted octanol–water partition coefficient (Wildman–Crippen LogP) is 2.19. The van der Waals surface area contributed by atoms with Gasteiger partial charge >= 0.3 is 0 Å². The van der Waals surface area contributed by atoms with Gasteiger partial charge in [0.25, 0.3) is 0 Å². The lowest BCUT2D eigenvalue weighted by Gasteiger charge is -2.03. The fraction of sp³-hybridized carbons (Fsp3) is 0.529. The maximum atomic E-state index is 10.4. The number of benzene rings is 1. The number of nitrogens with one attached hydrogen (secondary N) is 2. The minimum Gasteiger partial charge on any atom is -0.378 e. The van der Waals surface area contributed by atoms with Gasteiger partial charge in [-0.2, -0.15) is 0 Å². The zero-order valence-electron chi connectivity index (χ0n) is 14.4. The Bertz CT molecular complexity index is 378. The van der Waals surface area contributed by atoms with Gasteiger partial charge in [-0.25, -0.2) is 0 Å². The van der Waals surface area contributed by atoms with Crippen molar-refractivity contribution >= 4 is 12.2 Å². The number of hydrogen-bond donors (Lipinski definition) is 2. The Labute approximate surface area is 134 Å². The molecular formula is C17H30N2O3. The molecule has 0 unspecified atom stereocenters. The number of carbonyl (C=O) groups excluding carboxylic acids is 2. The summed E-state index contributed by atoms with van der Waals surface area (Å²) in [5.74, 6) is -0.0118. The standard InChI is InChI=1S/C8H8O.C7H16N2O2.C2H6/c1-7-2-4-8(6-9)5-3-7;1-7(10)9-4-6-11-5-3-8-2;1-2/h2-6H,1H3;8H,3-6H2,1-2H3,(H,9,10);1-2H3. The topological polar surface area (TPSA) is 67.4 Å². The molecule has 126 valence electrons. The second kappa shape index (κ2) is 17.3. The largest absolute Gasteiger partial charge is 0.378 e. The molecule has 0 saturated carbocycles. The third-order valence-electron chi connectivity index (χ3n) is 2.33. The molecule has 22 heavy (non-hydrogen) atoms. The maximum absolute atomic E-state index is 10.4. The highest BCUT2D eigenvalue weighted by Gasteiger charge is 1.89. The van der Waals surface area contributed by atoms with Crippen LogP contribution in [0.15, 0.2) is 24.3 Å². The first-order valence-electron chi connectivity index (χ1n) is 7.58. The summed E-state index contributed by atoms with van der Waals surface area (Å²) in [6.07, 6.45) is 0.847. The molecule has 1 aromatic rings. The van der Waals surface area contributed by atoms with E-state index in [0.717, 1.165) is 18.4 Å². The second-order valence-electron chi connectivity index (χ2n) is 4.23. The minimum atomic E-state index is -0.0118. The summed E-state index contributed by atoms with van der Waals surface area (Å²) in [6.45, 7) is 10.2. The number of carbonyl (C=O) groups is 2. The zero-order chi connectivity index (χ0) is 17.2. The van der Waals surface area contributed by atoms with E-state index < -0.39 is 0 Å². The molecule has 0 radical (unpaired) electrons. The van der Waals surface area contributed by atoms with Gasteiger partial charge in [0, 0.05) is 25.6 Å². The normalized spacial score (nSPS) is 8.77. The lowest BCUT2D eigenvalue weighted by Crippen LogP contribution is -2.25. The Hall–Kier alpha value is -1.72. The summed E-state index contributed by atoms with van der Waals surface area (Å²) < 4.78 is 5.15. The fourth-order valence-corrected chi connectivity index (χ4v) is 1.22. The average Bonchev–Trinajstić information content (AvgIpc) is 2.54. The molecule has 0 aliphatic heterocycles. The van der Waals surface area contributed by atoms with Crippen LogP contribution in [0.25, 0.3) is 0 Å². The van der Waals surface area contributed by atoms with Crippen LogP contribution in [0.4, 0.5) is 0 Å². The van der Waals surface area contributed by atoms with Crippen molar-refractivity contribution in [1.82, 2.24) is 10.6 Å². The van der Waals surface area contributed by atoms with Crippen molar-refractivity contribution in [3.05, 3.63) is 35.4 Å². The summed E-state index contributed by atoms with van der Waals surface area (Å²) in [5.41, 5.74) is 1.92. The van der Waals surface area contributed by atoms with E-state index in [1.54, 1.807) is 0 Å². The van der Waals surface area contributed by atoms with Crippen LogP contribution in [0.1, 0.15) is 36.7 Å². The van der Waals surface area contributed by atoms with Crippen molar-refractivity contribution in [1.29, 1.82) is 0 Å². The van der Waals surface area contributed by atoms with Crippen molar-refractivity contribution in [3.63, 3.8) is 0 Å². The molecule has 0 heterocycles. The number of amides is 1. The third-order valence-corrected chi connectivity index (χ3v) is 2.33. The van der Waals surface area contributed by atoms with Crippen LogP contribution in [-0.2, 0) is 9.53 Å². The molecule has 5 nitrogen and oxygen atoms in total. The fourth-order valence-electron chi connectivity index (χ4n) is 1.22. The monoisotopic (exact) mass is 310 g/mol. The Balaban J connectivity index is 0. The first-order chi connectivity index (χ1) is 10.6. The summed E-state index contributed by atoms with van der Waals surface area (Å²) in [4.78, 5) is 20.5. The van der Waals surface area contributed by atoms with Crippen LogP contribution < -0.4 is 10.6 Å². The van der Waals surface area contributed by atoms with Crippen molar-refractivity contribution in [2.75, 3.05) is 33.4 Å². The number of ether oxygens (including phenoxy) is 1. The van der Waals surface area contributed by atoms with Gasteiger partial charge in [-0.05, 0) is 14.0 Å². The highest BCUT2D eigenvalue weighted by molar-refractivity contribution is 5.74. The van der Waals surface area contributed by atoms with Gasteiger partial charge in [-0.15, -0.1) is 0 Å². The zero-order valence-corrected chi connectivity index (χ0v) is 14.4. The van der Waals surface area contributed by atoms with E-state index in [1.807, 2.05) is 52.1 Å². The molecular weight excluding hydrogens is 280 g/mol. The van der Waals surface area contributed by atoms with E-state index in [2.05, 4.69) is 10.6 Å². The quantitative estimate of drug-likeness (QED) is 0.598. The van der Waals surface area contributed by atoms with Gasteiger partial charge in [0.05, 0.1) is 13.2 Å². The van der Waals surface area contributed by atoms with E-state index in [9.17, 15) is 9.59 Å². The molecule has 0 aliphatic rings. The molecule has 1 rings (SSSR count). The minimum absolute atomic E-state index is 0.0118. The van der Waals surface area contributed by atoms with E-state index >= 15 is 0 Å². The molecule has 1 aromatic carbocycles. The second-order valence-corrected chi connectivity index (χ2v) is 4.23. The summed E-state index contributed by atoms with van der Waals surface area (Å²) in [7, 11) is 1.87. The lowest BCUT2D eigenvalue weighted by molar-refractivity contribution is -0.119. The molecule has 0 saturated heterocycles. The van der Waals surface area contributed by atoms with Crippen LogP contribution in [0.3, 0.4) is 0 Å². The molecule has 0 spiro atoms. The van der Waals surface area contributed by atoms with Crippen LogP contribution in [0.2, 0.25) is 0 Å². The van der Waals surface area contributed by atoms with Crippen LogP contribution in [-0.4, -0.2) is 45.5 Å². The summed E-state index contributed by atoms with van der Waals surface area (Å²) in [6, 6.07) is 7.46. The number of likely N-dealkylation sites (N-methyl/N-ethyl adjacent to an activating group) is 1. The lowest BCUT2D eigenvalue weighted by atomic mass is 10.2. The van der Waals surface area contributed by atoms with Crippen LogP contribution >= 0.6 is 0 Å². The van der Waals surface area contributed by atoms with E-state index in [4.69, 9.17) is 4.74 Å². The Morgan fingerprint density at radius 1 is 1.14 bits per heavy atom. The van der Waals surface area contributed by atoms with Crippen LogP contribution in [0.5, 0.6) is 0 Å². The number of aryl methyl sites for hydroxylation is 1. The van der Waals surface area contributed by atoms with Gasteiger partial charge in [-0.3, -0.25) is 9.59 Å². The smallest absolute Gasteiger partial charge is 0.216 e. The van der Waals surface area contributed by atoms with Crippen molar-refractivity contribution in [2.45, 2.75) is 27.7 Å². The highest BCUT2D eigenvalue weighted by Crippen LogP contribution is 1.98. The SMILES string of the molecule is CC.CNCCOCCNC(C)=O.Cc1ccc(C=O)cc1. The molecule has 0 fully saturated rings. The number of aldehydes is 1. The van der Waals surface area contributed by atoms with Crippen molar-refractivity contribution < 1.29 is 14.3 Å². The molecule has 0 bridgehead atoms. The molecule has 0 atom stereocenters. The van der Waals surface area contributed by atoms with Gasteiger partial charge in [0.2, 0.25) is 5.91 Å². The van der Waals surface area contributed by atoms with Gasteiger partial charge in [0.15, 0.2) is 0 Å². The number of rotatable bonds is 7. The summed E-state index contributed by atoms with van der Waals surface area (Å²) in [5, 5.41) is 5.59. The maximum Gasteiger partial charge on any atom is 0.216 e. The van der Waals surface area contributed by atoms with Crippen LogP contribution in [0, 0.1) is 6.92 Å². The van der Waals surface area contributed by atoms with E-state index in [1.165, 1.54) is 12.5 Å². The van der Waals surface area contributed by atoms with Gasteiger partial charge in [-0.1, -0.05) is 43.7 Å². The number of hydrogen-bond acceptors (Lipinski definition) is 4. The van der Waals surface area contributed by atoms with Gasteiger partial charge in [0.1, 0.15) is 6.29 Å². The predicted molar refractivity (Wildman–Crippen MR) is 91.3 cm³/mol. The molecule has 0 aliphatic carbocycles. The summed E-state index contributed by atoms with van der Waals surface area (Å²) >= 11 is 0. The first kappa shape index (κ1) is 22.6. The Morgan fingerprint density at radius 3 is 2.14 bits per heavy atom. The molecule has 2 N–H and O–H groups in total. The van der Waals surface area contributed by atoms with E-state index in [-0.39, 0.29) is 5.91 Å². The molecule has 0 aromatic heterocycles. The van der Waals surface area contributed by atoms with Crippen molar-refractivity contribution in [2.24, 2.45) is 0 Å². The average molecular weight is 310 g/mol. The van der Waals surface area contributed by atoms with E-state index in [0.29, 0.717) is 19.8 Å². The Kier molecular flexibility index (Phi) is 17.8. The molecule has 5 heteroatoms. The molecule has 1 amide bonds. The highest BCUT2D eigenvalue weighted by atomic mass is 16.5. The third kappa shape index (κ3) is 16.3. The van der Waals surface area contributed by atoms with Gasteiger partial charge < -0.3 is 15.4 Å². The first-order valence-corrected chi connectivity index (χ1v) is 7.58. The van der Waals surface area contributed by atoms with Crippen molar-refractivity contribution in [3.8, 4) is 0 Å². The Morgan fingerprint density at radius 2 is 1.68 bits per heavy atom.